The summed E-state index contributed by atoms with van der Waals surface area (Å²) in [5.74, 6) is 2.75. The zero-order chi connectivity index (χ0) is 13.4. The number of nitroso groups, excluding NO2 is 1. The number of amides is 2. The normalized spacial score (nSPS) is 39.1. The monoisotopic (exact) mass is 269 g/mol. The molecule has 4 saturated carbocycles. The number of rotatable bonds is 4. The molecule has 0 atom stereocenters. The lowest BCUT2D eigenvalue weighted by Crippen LogP contribution is -2.57. The van der Waals surface area contributed by atoms with Crippen LogP contribution in [-0.2, 0) is 0 Å². The second kappa shape index (κ2) is 5.06. The van der Waals surface area contributed by atoms with E-state index < -0.39 is 12.7 Å². The Kier molecular flexibility index (Phi) is 3.41. The second-order valence-corrected chi connectivity index (χ2v) is 6.30. The number of hydrogen-bond acceptors (Lipinski definition) is 3. The van der Waals surface area contributed by atoms with Gasteiger partial charge in [0.05, 0.1) is 11.8 Å². The number of halogens is 1. The minimum Gasteiger partial charge on any atom is -0.333 e. The van der Waals surface area contributed by atoms with Gasteiger partial charge in [-0.05, 0) is 55.8 Å². The number of carbonyl (C=O) groups excluding carboxylic acids is 1. The molecule has 4 aliphatic rings. The minimum absolute atomic E-state index is 0.157. The zero-order valence-corrected chi connectivity index (χ0v) is 10.9. The van der Waals surface area contributed by atoms with Crippen molar-refractivity contribution >= 4 is 6.03 Å². The van der Waals surface area contributed by atoms with Gasteiger partial charge in [-0.1, -0.05) is 0 Å². The Morgan fingerprint density at radius 2 is 1.74 bits per heavy atom. The first-order chi connectivity index (χ1) is 9.21. The van der Waals surface area contributed by atoms with E-state index in [9.17, 15) is 14.1 Å². The van der Waals surface area contributed by atoms with Gasteiger partial charge >= 0.3 is 6.03 Å². The molecule has 0 aromatic carbocycles. The Morgan fingerprint density at radius 1 is 1.16 bits per heavy atom. The third-order valence-electron chi connectivity index (χ3n) is 5.15. The minimum atomic E-state index is -0.749. The molecular weight excluding hydrogens is 249 g/mol. The molecule has 4 fully saturated rings. The Labute approximate surface area is 111 Å². The average Bonchev–Trinajstić information content (AvgIpc) is 2.39. The van der Waals surface area contributed by atoms with Crippen molar-refractivity contribution in [2.75, 3.05) is 13.2 Å². The van der Waals surface area contributed by atoms with Gasteiger partial charge < -0.3 is 5.32 Å². The second-order valence-electron chi connectivity index (χ2n) is 6.30. The number of hydrogen-bond donors (Lipinski definition) is 1. The fourth-order valence-electron chi connectivity index (χ4n) is 4.64. The number of carbonyl (C=O) groups is 1. The molecule has 106 valence electrons. The molecule has 0 aliphatic heterocycles. The largest absolute Gasteiger partial charge is 0.340 e. The summed E-state index contributed by atoms with van der Waals surface area (Å²) in [5.41, 5.74) is 0. The molecule has 4 bridgehead atoms. The molecule has 0 aromatic heterocycles. The lowest BCUT2D eigenvalue weighted by Gasteiger charge is -2.54. The Balaban J connectivity index is 1.63. The van der Waals surface area contributed by atoms with E-state index >= 15 is 0 Å². The third kappa shape index (κ3) is 2.32. The van der Waals surface area contributed by atoms with Crippen molar-refractivity contribution in [2.24, 2.45) is 29.0 Å². The van der Waals surface area contributed by atoms with Crippen LogP contribution in [0.2, 0.25) is 0 Å². The van der Waals surface area contributed by atoms with E-state index in [1.54, 1.807) is 0 Å². The maximum Gasteiger partial charge on any atom is 0.340 e. The molecule has 19 heavy (non-hydrogen) atoms. The summed E-state index contributed by atoms with van der Waals surface area (Å²) in [6.45, 7) is -1.01. The summed E-state index contributed by atoms with van der Waals surface area (Å²) < 4.78 is 12.2. The fraction of sp³-hybridized carbons (Fsp3) is 0.923. The van der Waals surface area contributed by atoms with Crippen molar-refractivity contribution in [2.45, 2.75) is 38.1 Å². The van der Waals surface area contributed by atoms with E-state index in [0.717, 1.165) is 11.8 Å². The Bertz CT molecular complexity index is 349. The van der Waals surface area contributed by atoms with Crippen LogP contribution >= 0.6 is 0 Å². The van der Waals surface area contributed by atoms with E-state index in [1.165, 1.54) is 32.1 Å². The fourth-order valence-corrected chi connectivity index (χ4v) is 4.64. The first kappa shape index (κ1) is 12.8. The van der Waals surface area contributed by atoms with Crippen molar-refractivity contribution in [3.63, 3.8) is 0 Å². The highest BCUT2D eigenvalue weighted by Crippen LogP contribution is 2.53. The highest BCUT2D eigenvalue weighted by molar-refractivity contribution is 5.74. The molecule has 5 nitrogen and oxygen atoms in total. The molecule has 0 aromatic rings. The predicted molar refractivity (Wildman–Crippen MR) is 67.8 cm³/mol. The van der Waals surface area contributed by atoms with Crippen LogP contribution in [0.3, 0.4) is 0 Å². The van der Waals surface area contributed by atoms with Gasteiger partial charge in [0.1, 0.15) is 6.67 Å². The first-order valence-electron chi connectivity index (χ1n) is 7.18. The summed E-state index contributed by atoms with van der Waals surface area (Å²) >= 11 is 0. The maximum absolute atomic E-state index is 12.2. The van der Waals surface area contributed by atoms with Crippen molar-refractivity contribution in [3.05, 3.63) is 4.91 Å². The molecule has 4 rings (SSSR count). The molecule has 0 heterocycles. The summed E-state index contributed by atoms with van der Waals surface area (Å²) in [5, 5.41) is 6.17. The molecule has 1 N–H and O–H groups in total. The van der Waals surface area contributed by atoms with E-state index in [4.69, 9.17) is 0 Å². The van der Waals surface area contributed by atoms with Crippen LogP contribution in [0.1, 0.15) is 32.1 Å². The summed E-state index contributed by atoms with van der Waals surface area (Å²) in [7, 11) is 0. The molecule has 0 unspecified atom stereocenters. The van der Waals surface area contributed by atoms with Gasteiger partial charge in [-0.25, -0.2) is 9.18 Å². The molecule has 0 saturated heterocycles. The van der Waals surface area contributed by atoms with Crippen LogP contribution < -0.4 is 5.32 Å². The number of nitrogens with zero attached hydrogens (tertiary/aromatic N) is 2. The highest BCUT2D eigenvalue weighted by Gasteiger charge is 2.48. The SMILES string of the molecule is O=NN(CCF)C(=O)NC1C2CC3CC(C2)CC1C3. The summed E-state index contributed by atoms with van der Waals surface area (Å²) in [4.78, 5) is 22.4. The number of alkyl halides is 1. The highest BCUT2D eigenvalue weighted by atomic mass is 19.1. The van der Waals surface area contributed by atoms with Gasteiger partial charge in [0.2, 0.25) is 0 Å². The molecule has 0 spiro atoms. The molecule has 4 aliphatic carbocycles. The molecule has 0 radical (unpaired) electrons. The van der Waals surface area contributed by atoms with Gasteiger partial charge in [-0.15, -0.1) is 4.91 Å². The van der Waals surface area contributed by atoms with Crippen LogP contribution in [0, 0.1) is 28.6 Å². The van der Waals surface area contributed by atoms with Gasteiger partial charge in [0.15, 0.2) is 0 Å². The van der Waals surface area contributed by atoms with Gasteiger partial charge in [-0.2, -0.15) is 5.01 Å². The lowest BCUT2D eigenvalue weighted by molar-refractivity contribution is -0.0110. The smallest absolute Gasteiger partial charge is 0.333 e. The number of nitrogens with one attached hydrogen (secondary N) is 1. The lowest BCUT2D eigenvalue weighted by atomic mass is 9.54. The predicted octanol–water partition coefficient (Wildman–Crippen LogP) is 2.47. The van der Waals surface area contributed by atoms with Crippen LogP contribution in [0.25, 0.3) is 0 Å². The topological polar surface area (TPSA) is 61.8 Å². The standard InChI is InChI=1S/C13H20FN3O2/c14-1-2-17(16-19)13(18)15-12-10-4-8-3-9(6-10)7-11(12)5-8/h8-12H,1-7H2,(H,15,18). The van der Waals surface area contributed by atoms with Gasteiger partial charge in [0.25, 0.3) is 0 Å². The van der Waals surface area contributed by atoms with Crippen LogP contribution in [0.15, 0.2) is 5.29 Å². The van der Waals surface area contributed by atoms with Crippen LogP contribution in [-0.4, -0.2) is 30.3 Å². The van der Waals surface area contributed by atoms with Crippen molar-refractivity contribution in [1.29, 1.82) is 0 Å². The van der Waals surface area contributed by atoms with Gasteiger partial charge in [0, 0.05) is 6.04 Å². The van der Waals surface area contributed by atoms with Crippen molar-refractivity contribution < 1.29 is 9.18 Å². The molecule has 6 heteroatoms. The van der Waals surface area contributed by atoms with Crippen molar-refractivity contribution in [1.82, 2.24) is 10.3 Å². The Morgan fingerprint density at radius 3 is 2.21 bits per heavy atom. The van der Waals surface area contributed by atoms with E-state index in [0.29, 0.717) is 16.8 Å². The Hall–Kier alpha value is -1.20. The van der Waals surface area contributed by atoms with Crippen LogP contribution in [0.4, 0.5) is 9.18 Å². The number of urea groups is 1. The maximum atomic E-state index is 12.2. The van der Waals surface area contributed by atoms with E-state index in [-0.39, 0.29) is 12.6 Å². The molecular formula is C13H20FN3O2. The van der Waals surface area contributed by atoms with Crippen LogP contribution in [0.5, 0.6) is 0 Å². The zero-order valence-electron chi connectivity index (χ0n) is 10.9. The average molecular weight is 269 g/mol. The molecule has 2 amide bonds. The quantitative estimate of drug-likeness (QED) is 0.629. The summed E-state index contributed by atoms with van der Waals surface area (Å²) in [6.07, 6.45) is 6.12. The summed E-state index contributed by atoms with van der Waals surface area (Å²) in [6, 6.07) is -0.380. The van der Waals surface area contributed by atoms with E-state index in [2.05, 4.69) is 10.6 Å². The van der Waals surface area contributed by atoms with E-state index in [1.807, 2.05) is 0 Å². The first-order valence-corrected chi connectivity index (χ1v) is 7.18. The van der Waals surface area contributed by atoms with Gasteiger partial charge in [-0.3, -0.25) is 0 Å². The van der Waals surface area contributed by atoms with Crippen molar-refractivity contribution in [3.8, 4) is 0 Å². The third-order valence-corrected chi connectivity index (χ3v) is 5.15.